The smallest absolute Gasteiger partial charge is 0.228 e. The quantitative estimate of drug-likeness (QED) is 0.672. The molecule has 0 saturated carbocycles. The van der Waals surface area contributed by atoms with Crippen molar-refractivity contribution in [3.63, 3.8) is 0 Å². The van der Waals surface area contributed by atoms with Crippen LogP contribution in [0.3, 0.4) is 0 Å². The molecule has 3 nitrogen and oxygen atoms in total. The van der Waals surface area contributed by atoms with E-state index in [9.17, 15) is 4.79 Å². The summed E-state index contributed by atoms with van der Waals surface area (Å²) in [4.78, 5) is 16.8. The lowest BCUT2D eigenvalue weighted by atomic mass is 9.77. The molecule has 92 valence electrons. The second kappa shape index (κ2) is 4.98. The number of nitrogens with zero attached hydrogens (tertiary/aromatic N) is 2. The van der Waals surface area contributed by atoms with Gasteiger partial charge < -0.3 is 9.80 Å². The molecule has 2 saturated heterocycles. The summed E-state index contributed by atoms with van der Waals surface area (Å²) in [7, 11) is 2.13. The van der Waals surface area contributed by atoms with Crippen LogP contribution in [0.25, 0.3) is 0 Å². The average molecular weight is 263 g/mol. The molecule has 2 aliphatic rings. The van der Waals surface area contributed by atoms with Gasteiger partial charge in [-0.05, 0) is 39.9 Å². The number of likely N-dealkylation sites (tertiary alicyclic amines) is 2. The topological polar surface area (TPSA) is 23.6 Å². The lowest BCUT2D eigenvalue weighted by Gasteiger charge is -2.37. The Morgan fingerprint density at radius 3 is 2.38 bits per heavy atom. The van der Waals surface area contributed by atoms with Crippen LogP contribution in [-0.2, 0) is 4.79 Å². The number of piperidine rings is 1. The highest BCUT2D eigenvalue weighted by Gasteiger charge is 2.48. The molecule has 2 rings (SSSR count). The van der Waals surface area contributed by atoms with Crippen molar-refractivity contribution < 1.29 is 4.79 Å². The minimum Gasteiger partial charge on any atom is -0.306 e. The van der Waals surface area contributed by atoms with Gasteiger partial charge in [0.15, 0.2) is 0 Å². The minimum atomic E-state index is 0. The fourth-order valence-electron chi connectivity index (χ4n) is 2.62. The number of amides is 1. The molecule has 0 unspecified atom stereocenters. The van der Waals surface area contributed by atoms with E-state index in [1.54, 1.807) is 4.90 Å². The largest absolute Gasteiger partial charge is 0.306 e. The van der Waals surface area contributed by atoms with Gasteiger partial charge in [-0.2, -0.15) is 0 Å². The first kappa shape index (κ1) is 13.9. The van der Waals surface area contributed by atoms with Gasteiger partial charge in [0.2, 0.25) is 5.91 Å². The van der Waals surface area contributed by atoms with Gasteiger partial charge >= 0.3 is 0 Å². The van der Waals surface area contributed by atoms with Gasteiger partial charge in [-0.25, -0.2) is 0 Å². The second-order valence-corrected chi connectivity index (χ2v) is 5.09. The molecule has 0 radical (unpaired) electrons. The first-order chi connectivity index (χ1) is 7.09. The Morgan fingerprint density at radius 1 is 1.38 bits per heavy atom. The van der Waals surface area contributed by atoms with Crippen LogP contribution in [0.2, 0.25) is 0 Å². The molecular formula is C11H19ClN2OS. The summed E-state index contributed by atoms with van der Waals surface area (Å²) >= 11 is 5.47. The van der Waals surface area contributed by atoms with Crippen LogP contribution in [-0.4, -0.2) is 47.4 Å². The van der Waals surface area contributed by atoms with Crippen molar-refractivity contribution in [3.05, 3.63) is 0 Å². The van der Waals surface area contributed by atoms with Gasteiger partial charge in [0, 0.05) is 18.4 Å². The molecule has 2 aliphatic heterocycles. The number of rotatable bonds is 1. The standard InChI is InChI=1S/C11H18N2OS.ClH/c1-3-13-9(14)8-11(10(13)15)4-6-12(2)7-5-11;/h3-8H2,1-2H3;1H. The molecule has 0 atom stereocenters. The molecule has 5 heteroatoms. The van der Waals surface area contributed by atoms with Crippen LogP contribution < -0.4 is 0 Å². The Hall–Kier alpha value is -0.190. The zero-order valence-electron chi connectivity index (χ0n) is 9.86. The maximum absolute atomic E-state index is 11.8. The second-order valence-electron chi connectivity index (χ2n) is 4.70. The molecule has 0 aromatic rings. The van der Waals surface area contributed by atoms with Crippen molar-refractivity contribution in [1.82, 2.24) is 9.80 Å². The van der Waals surface area contributed by atoms with Crippen molar-refractivity contribution in [2.75, 3.05) is 26.7 Å². The van der Waals surface area contributed by atoms with Crippen LogP contribution in [0.15, 0.2) is 0 Å². The van der Waals surface area contributed by atoms with E-state index in [-0.39, 0.29) is 23.7 Å². The summed E-state index contributed by atoms with van der Waals surface area (Å²) in [6.45, 7) is 4.85. The van der Waals surface area contributed by atoms with Crippen molar-refractivity contribution in [3.8, 4) is 0 Å². The highest BCUT2D eigenvalue weighted by Crippen LogP contribution is 2.42. The zero-order chi connectivity index (χ0) is 11.1. The van der Waals surface area contributed by atoms with E-state index in [0.29, 0.717) is 6.42 Å². The maximum Gasteiger partial charge on any atom is 0.228 e. The van der Waals surface area contributed by atoms with Crippen LogP contribution in [0.4, 0.5) is 0 Å². The van der Waals surface area contributed by atoms with Gasteiger partial charge in [0.05, 0.1) is 4.99 Å². The van der Waals surface area contributed by atoms with E-state index >= 15 is 0 Å². The summed E-state index contributed by atoms with van der Waals surface area (Å²) in [6.07, 6.45) is 2.74. The SMILES string of the molecule is CCN1C(=O)CC2(CCN(C)CC2)C1=S.Cl. The summed E-state index contributed by atoms with van der Waals surface area (Å²) in [6, 6.07) is 0. The number of halogens is 1. The monoisotopic (exact) mass is 262 g/mol. The highest BCUT2D eigenvalue weighted by molar-refractivity contribution is 7.80. The summed E-state index contributed by atoms with van der Waals surface area (Å²) in [5, 5.41) is 0. The third-order valence-corrected chi connectivity index (χ3v) is 4.40. The summed E-state index contributed by atoms with van der Waals surface area (Å²) in [5.41, 5.74) is 0.0228. The van der Waals surface area contributed by atoms with E-state index in [4.69, 9.17) is 12.2 Å². The number of carbonyl (C=O) groups is 1. The number of hydrogen-bond donors (Lipinski definition) is 0. The van der Waals surface area contributed by atoms with Gasteiger partial charge in [-0.3, -0.25) is 4.79 Å². The maximum atomic E-state index is 11.8. The molecule has 1 spiro atoms. The number of thiocarbonyl (C=S) groups is 1. The van der Waals surface area contributed by atoms with E-state index in [2.05, 4.69) is 11.9 Å². The molecule has 1 amide bonds. The summed E-state index contributed by atoms with van der Waals surface area (Å²) < 4.78 is 0. The number of hydrogen-bond acceptors (Lipinski definition) is 3. The zero-order valence-corrected chi connectivity index (χ0v) is 11.5. The molecule has 0 aromatic heterocycles. The van der Waals surface area contributed by atoms with Crippen molar-refractivity contribution >= 4 is 35.5 Å². The van der Waals surface area contributed by atoms with E-state index in [1.165, 1.54) is 0 Å². The van der Waals surface area contributed by atoms with Gasteiger partial charge in [0.1, 0.15) is 0 Å². The fourth-order valence-corrected chi connectivity index (χ4v) is 3.12. The van der Waals surface area contributed by atoms with E-state index < -0.39 is 0 Å². The molecule has 2 fully saturated rings. The lowest BCUT2D eigenvalue weighted by Crippen LogP contribution is -2.42. The Bertz CT molecular complexity index is 300. The molecule has 0 aliphatic carbocycles. The van der Waals surface area contributed by atoms with Crippen molar-refractivity contribution in [2.45, 2.75) is 26.2 Å². The molecule has 0 N–H and O–H groups in total. The molecular weight excluding hydrogens is 244 g/mol. The Balaban J connectivity index is 0.00000128. The first-order valence-corrected chi connectivity index (χ1v) is 6.03. The molecule has 0 bridgehead atoms. The predicted octanol–water partition coefficient (Wildman–Crippen LogP) is 1.70. The Morgan fingerprint density at radius 2 is 1.94 bits per heavy atom. The highest BCUT2D eigenvalue weighted by atomic mass is 35.5. The van der Waals surface area contributed by atoms with Gasteiger partial charge in [-0.15, -0.1) is 12.4 Å². The van der Waals surface area contributed by atoms with Gasteiger partial charge in [-0.1, -0.05) is 12.2 Å². The van der Waals surface area contributed by atoms with Crippen LogP contribution >= 0.6 is 24.6 Å². The lowest BCUT2D eigenvalue weighted by molar-refractivity contribution is -0.126. The van der Waals surface area contributed by atoms with Crippen LogP contribution in [0.1, 0.15) is 26.2 Å². The van der Waals surface area contributed by atoms with Crippen molar-refractivity contribution in [1.29, 1.82) is 0 Å². The first-order valence-electron chi connectivity index (χ1n) is 5.62. The van der Waals surface area contributed by atoms with E-state index in [1.807, 2.05) is 6.92 Å². The molecule has 16 heavy (non-hydrogen) atoms. The van der Waals surface area contributed by atoms with Crippen molar-refractivity contribution in [2.24, 2.45) is 5.41 Å². The van der Waals surface area contributed by atoms with Gasteiger partial charge in [0.25, 0.3) is 0 Å². The predicted molar refractivity (Wildman–Crippen MR) is 71.0 cm³/mol. The number of carbonyl (C=O) groups excluding carboxylic acids is 1. The molecule has 2 heterocycles. The Kier molecular flexibility index (Phi) is 4.32. The minimum absolute atomic E-state index is 0. The molecule has 0 aromatic carbocycles. The van der Waals surface area contributed by atoms with Crippen LogP contribution in [0, 0.1) is 5.41 Å². The van der Waals surface area contributed by atoms with E-state index in [0.717, 1.165) is 37.5 Å². The van der Waals surface area contributed by atoms with Crippen LogP contribution in [0.5, 0.6) is 0 Å². The summed E-state index contributed by atoms with van der Waals surface area (Å²) in [5.74, 6) is 0.229. The third-order valence-electron chi connectivity index (χ3n) is 3.75. The fraction of sp³-hybridized carbons (Fsp3) is 0.818. The third kappa shape index (κ3) is 2.11. The normalized spacial score (nSPS) is 25.0. The Labute approximate surface area is 109 Å². The average Bonchev–Trinajstić information content (AvgIpc) is 2.44.